The van der Waals surface area contributed by atoms with Gasteiger partial charge >= 0.3 is 0 Å². The molecule has 0 saturated heterocycles. The Morgan fingerprint density at radius 3 is 2.48 bits per heavy atom. The molecule has 0 aliphatic carbocycles. The lowest BCUT2D eigenvalue weighted by Crippen LogP contribution is -2.03. The van der Waals surface area contributed by atoms with Gasteiger partial charge in [0.05, 0.1) is 10.6 Å². The highest BCUT2D eigenvalue weighted by Gasteiger charge is 2.11. The summed E-state index contributed by atoms with van der Waals surface area (Å²) in [6.45, 7) is 0.366. The zero-order valence-corrected chi connectivity index (χ0v) is 16.9. The summed E-state index contributed by atoms with van der Waals surface area (Å²) in [6.07, 6.45) is 0.313. The first-order chi connectivity index (χ1) is 14.0. The van der Waals surface area contributed by atoms with E-state index in [2.05, 4.69) is 5.32 Å². The van der Waals surface area contributed by atoms with Crippen molar-refractivity contribution in [2.24, 2.45) is 0 Å². The van der Waals surface area contributed by atoms with E-state index in [0.717, 1.165) is 15.4 Å². The van der Waals surface area contributed by atoms with Gasteiger partial charge in [0.25, 0.3) is 5.69 Å². The second kappa shape index (κ2) is 9.65. The summed E-state index contributed by atoms with van der Waals surface area (Å²) >= 11 is 7.63. The minimum atomic E-state index is -0.422. The molecule has 3 N–H and O–H groups in total. The number of halogens is 1. The van der Waals surface area contributed by atoms with Crippen molar-refractivity contribution in [2.45, 2.75) is 22.8 Å². The van der Waals surface area contributed by atoms with E-state index >= 15 is 0 Å². The highest BCUT2D eigenvalue weighted by Crippen LogP contribution is 2.34. The maximum atomic E-state index is 10.8. The first kappa shape index (κ1) is 21.0. The highest BCUT2D eigenvalue weighted by molar-refractivity contribution is 7.99. The molecule has 0 bridgehead atoms. The Morgan fingerprint density at radius 1 is 1.07 bits per heavy atom. The van der Waals surface area contributed by atoms with Crippen LogP contribution in [0.15, 0.2) is 70.5 Å². The Balaban J connectivity index is 1.77. The third kappa shape index (κ3) is 5.41. The fraction of sp³-hybridized carbons (Fsp3) is 0.143. The second-order valence-electron chi connectivity index (χ2n) is 6.25. The molecule has 0 heterocycles. The number of hydrogen-bond donors (Lipinski definition) is 3. The monoisotopic (exact) mass is 430 g/mol. The number of anilines is 1. The van der Waals surface area contributed by atoms with Crippen molar-refractivity contribution in [3.05, 3.63) is 86.9 Å². The van der Waals surface area contributed by atoms with Crippen molar-refractivity contribution in [3.63, 3.8) is 0 Å². The smallest absolute Gasteiger partial charge is 0.269 e. The predicted octanol–water partition coefficient (Wildman–Crippen LogP) is 5.25. The molecule has 0 saturated carbocycles. The Bertz CT molecular complexity index is 1010. The summed E-state index contributed by atoms with van der Waals surface area (Å²) in [6, 6.07) is 17.5. The number of rotatable bonds is 8. The predicted molar refractivity (Wildman–Crippen MR) is 115 cm³/mol. The number of non-ortho nitro benzene ring substituents is 1. The van der Waals surface area contributed by atoms with E-state index in [1.807, 2.05) is 24.3 Å². The fourth-order valence-electron chi connectivity index (χ4n) is 2.80. The van der Waals surface area contributed by atoms with Crippen molar-refractivity contribution in [1.29, 1.82) is 0 Å². The van der Waals surface area contributed by atoms with Crippen molar-refractivity contribution in [2.75, 3.05) is 11.9 Å². The number of aliphatic hydroxyl groups is 1. The molecular weight excluding hydrogens is 412 g/mol. The third-order valence-electron chi connectivity index (χ3n) is 4.25. The molecule has 0 radical (unpaired) electrons. The lowest BCUT2D eigenvalue weighted by molar-refractivity contribution is -0.384. The summed E-state index contributed by atoms with van der Waals surface area (Å²) in [7, 11) is 0. The van der Waals surface area contributed by atoms with Gasteiger partial charge in [0.15, 0.2) is 0 Å². The topological polar surface area (TPSA) is 95.6 Å². The van der Waals surface area contributed by atoms with Gasteiger partial charge in [-0.25, -0.2) is 0 Å². The van der Waals surface area contributed by atoms with Crippen LogP contribution in [0, 0.1) is 10.1 Å². The standard InChI is InChI=1S/C21H19ClN2O4S/c22-16-11-14(9-10-25)21(26)19(12-16)23-13-15-3-1-2-4-20(15)29-18-7-5-17(6-8-18)24(27)28/h1-8,11-12,23,25-26H,9-10,13H2. The van der Waals surface area contributed by atoms with Gasteiger partial charge in [-0.1, -0.05) is 41.6 Å². The van der Waals surface area contributed by atoms with Gasteiger partial charge in [-0.2, -0.15) is 0 Å². The summed E-state index contributed by atoms with van der Waals surface area (Å²) in [5.74, 6) is 0.0731. The summed E-state index contributed by atoms with van der Waals surface area (Å²) in [5, 5.41) is 34.0. The minimum Gasteiger partial charge on any atom is -0.505 e. The molecule has 0 amide bonds. The molecule has 0 aliphatic rings. The number of aromatic hydroxyl groups is 1. The van der Waals surface area contributed by atoms with Crippen molar-refractivity contribution < 1.29 is 15.1 Å². The van der Waals surface area contributed by atoms with Gasteiger partial charge in [0.1, 0.15) is 5.75 Å². The number of aliphatic hydroxyl groups excluding tert-OH is 1. The Kier molecular flexibility index (Phi) is 6.98. The van der Waals surface area contributed by atoms with E-state index in [1.54, 1.807) is 24.3 Å². The number of nitro benzene ring substituents is 1. The molecule has 3 aromatic rings. The molecular formula is C21H19ClN2O4S. The molecule has 0 fully saturated rings. The average molecular weight is 431 g/mol. The van der Waals surface area contributed by atoms with Gasteiger partial charge in [-0.15, -0.1) is 0 Å². The third-order valence-corrected chi connectivity index (χ3v) is 5.60. The zero-order chi connectivity index (χ0) is 20.8. The molecule has 0 aliphatic heterocycles. The van der Waals surface area contributed by atoms with Crippen molar-refractivity contribution in [1.82, 2.24) is 0 Å². The van der Waals surface area contributed by atoms with E-state index < -0.39 is 4.92 Å². The van der Waals surface area contributed by atoms with Gasteiger partial charge in [-0.3, -0.25) is 10.1 Å². The molecule has 0 aromatic heterocycles. The number of benzene rings is 3. The number of hydrogen-bond acceptors (Lipinski definition) is 6. The fourth-order valence-corrected chi connectivity index (χ4v) is 3.99. The highest BCUT2D eigenvalue weighted by atomic mass is 35.5. The maximum absolute atomic E-state index is 10.8. The molecule has 0 atom stereocenters. The van der Waals surface area contributed by atoms with Crippen LogP contribution in [0.5, 0.6) is 5.75 Å². The van der Waals surface area contributed by atoms with Crippen molar-refractivity contribution >= 4 is 34.7 Å². The Hall–Kier alpha value is -2.74. The maximum Gasteiger partial charge on any atom is 0.269 e. The van der Waals surface area contributed by atoms with Crippen LogP contribution in [-0.2, 0) is 13.0 Å². The van der Waals surface area contributed by atoms with Crippen LogP contribution in [-0.4, -0.2) is 21.7 Å². The molecule has 8 heteroatoms. The zero-order valence-electron chi connectivity index (χ0n) is 15.3. The van der Waals surface area contributed by atoms with Crippen LogP contribution in [0.2, 0.25) is 5.02 Å². The van der Waals surface area contributed by atoms with Gasteiger partial charge in [0, 0.05) is 40.1 Å². The number of nitro groups is 1. The number of phenolic OH excluding ortho intramolecular Hbond substituents is 1. The molecule has 0 unspecified atom stereocenters. The molecule has 29 heavy (non-hydrogen) atoms. The van der Waals surface area contributed by atoms with E-state index in [9.17, 15) is 15.2 Å². The van der Waals surface area contributed by atoms with E-state index in [-0.39, 0.29) is 18.0 Å². The molecule has 150 valence electrons. The average Bonchev–Trinajstić information content (AvgIpc) is 2.71. The first-order valence-corrected chi connectivity index (χ1v) is 10.0. The van der Waals surface area contributed by atoms with Crippen molar-refractivity contribution in [3.8, 4) is 5.75 Å². The molecule has 6 nitrogen and oxygen atoms in total. The van der Waals surface area contributed by atoms with Crippen LogP contribution in [0.4, 0.5) is 11.4 Å². The summed E-state index contributed by atoms with van der Waals surface area (Å²) in [4.78, 5) is 12.3. The lowest BCUT2D eigenvalue weighted by Gasteiger charge is -2.14. The van der Waals surface area contributed by atoms with Gasteiger partial charge < -0.3 is 15.5 Å². The SMILES string of the molecule is O=[N+]([O-])c1ccc(Sc2ccccc2CNc2cc(Cl)cc(CCO)c2O)cc1. The van der Waals surface area contributed by atoms with Gasteiger partial charge in [0.2, 0.25) is 0 Å². The van der Waals surface area contributed by atoms with Crippen LogP contribution < -0.4 is 5.32 Å². The molecule has 3 rings (SSSR count). The normalized spacial score (nSPS) is 10.7. The van der Waals surface area contributed by atoms with Crippen LogP contribution in [0.25, 0.3) is 0 Å². The second-order valence-corrected chi connectivity index (χ2v) is 7.80. The van der Waals surface area contributed by atoms with E-state index in [0.29, 0.717) is 29.2 Å². The number of phenols is 1. The van der Waals surface area contributed by atoms with Crippen LogP contribution in [0.1, 0.15) is 11.1 Å². The quantitative estimate of drug-likeness (QED) is 0.256. The molecule has 3 aromatic carbocycles. The van der Waals surface area contributed by atoms with Crippen LogP contribution >= 0.6 is 23.4 Å². The number of nitrogens with zero attached hydrogens (tertiary/aromatic N) is 1. The van der Waals surface area contributed by atoms with Crippen LogP contribution in [0.3, 0.4) is 0 Å². The minimum absolute atomic E-state index is 0.0550. The largest absolute Gasteiger partial charge is 0.505 e. The van der Waals surface area contributed by atoms with E-state index in [1.165, 1.54) is 23.9 Å². The lowest BCUT2D eigenvalue weighted by atomic mass is 10.1. The molecule has 0 spiro atoms. The Labute approximate surface area is 177 Å². The Morgan fingerprint density at radius 2 is 1.79 bits per heavy atom. The summed E-state index contributed by atoms with van der Waals surface area (Å²) < 4.78 is 0. The van der Waals surface area contributed by atoms with E-state index in [4.69, 9.17) is 16.7 Å². The van der Waals surface area contributed by atoms with Gasteiger partial charge in [-0.05, 0) is 47.9 Å². The number of nitrogens with one attached hydrogen (secondary N) is 1. The summed E-state index contributed by atoms with van der Waals surface area (Å²) in [5.41, 5.74) is 2.13. The first-order valence-electron chi connectivity index (χ1n) is 8.84.